The van der Waals surface area contributed by atoms with Crippen LogP contribution in [0.2, 0.25) is 0 Å². The van der Waals surface area contributed by atoms with Crippen LogP contribution >= 0.6 is 0 Å². The Morgan fingerprint density at radius 1 is 1.31 bits per heavy atom. The van der Waals surface area contributed by atoms with Gasteiger partial charge in [0.25, 0.3) is 0 Å². The molecule has 0 bridgehead atoms. The van der Waals surface area contributed by atoms with Crippen LogP contribution in [-0.2, 0) is 11.3 Å². The van der Waals surface area contributed by atoms with E-state index in [-0.39, 0.29) is 18.4 Å². The van der Waals surface area contributed by atoms with Crippen LogP contribution in [0, 0.1) is 6.92 Å². The Balaban J connectivity index is 1.52. The molecule has 3 aromatic rings. The van der Waals surface area contributed by atoms with Gasteiger partial charge in [0.05, 0.1) is 16.9 Å². The highest BCUT2D eigenvalue weighted by Gasteiger charge is 2.26. The average molecular weight is 352 g/mol. The molecule has 0 saturated carbocycles. The Morgan fingerprint density at radius 2 is 2.15 bits per heavy atom. The molecule has 7 nitrogen and oxygen atoms in total. The molecule has 4 rings (SSSR count). The van der Waals surface area contributed by atoms with Gasteiger partial charge in [-0.2, -0.15) is 0 Å². The number of hydrogen-bond donors (Lipinski definition) is 0. The second-order valence-corrected chi connectivity index (χ2v) is 6.69. The number of nitrogens with zero attached hydrogens (tertiary/aromatic N) is 4. The van der Waals surface area contributed by atoms with E-state index in [2.05, 4.69) is 9.97 Å². The van der Waals surface area contributed by atoms with Crippen LogP contribution in [0.15, 0.2) is 45.9 Å². The van der Waals surface area contributed by atoms with E-state index < -0.39 is 5.76 Å². The Labute approximate surface area is 150 Å². The molecule has 0 radical (unpaired) electrons. The maximum Gasteiger partial charge on any atom is 0.420 e. The Kier molecular flexibility index (Phi) is 4.28. The third kappa shape index (κ3) is 3.12. The number of aromatic nitrogens is 3. The van der Waals surface area contributed by atoms with Crippen LogP contribution in [0.1, 0.15) is 30.1 Å². The number of aryl methyl sites for hydroxylation is 1. The molecule has 0 aliphatic carbocycles. The van der Waals surface area contributed by atoms with Crippen LogP contribution in [0.4, 0.5) is 0 Å². The summed E-state index contributed by atoms with van der Waals surface area (Å²) in [6.45, 7) is 3.20. The zero-order chi connectivity index (χ0) is 18.1. The highest BCUT2D eigenvalue weighted by molar-refractivity contribution is 5.79. The quantitative estimate of drug-likeness (QED) is 0.721. The van der Waals surface area contributed by atoms with E-state index in [4.69, 9.17) is 4.42 Å². The van der Waals surface area contributed by atoms with Crippen molar-refractivity contribution >= 4 is 17.0 Å². The topological polar surface area (TPSA) is 81.2 Å². The lowest BCUT2D eigenvalue weighted by Gasteiger charge is -2.32. The van der Waals surface area contributed by atoms with Crippen LogP contribution in [0.25, 0.3) is 11.1 Å². The summed E-state index contributed by atoms with van der Waals surface area (Å²) in [7, 11) is 0. The minimum absolute atomic E-state index is 0.0118. The number of likely N-dealkylation sites (tertiary alicyclic amines) is 1. The van der Waals surface area contributed by atoms with E-state index in [1.807, 2.05) is 17.9 Å². The summed E-state index contributed by atoms with van der Waals surface area (Å²) in [5, 5.41) is 0. The SMILES string of the molecule is Cc1cncc([C@H]2CCCN(C(=O)Cn3c(=O)oc4ccccc43)C2)n1. The van der Waals surface area contributed by atoms with E-state index >= 15 is 0 Å². The normalized spacial score (nSPS) is 17.6. The van der Waals surface area contributed by atoms with Crippen LogP contribution in [-0.4, -0.2) is 38.4 Å². The van der Waals surface area contributed by atoms with Gasteiger partial charge in [-0.1, -0.05) is 12.1 Å². The number of hydrogen-bond acceptors (Lipinski definition) is 5. The number of oxazole rings is 1. The number of rotatable bonds is 3. The highest BCUT2D eigenvalue weighted by Crippen LogP contribution is 2.25. The molecule has 134 valence electrons. The van der Waals surface area contributed by atoms with Crippen molar-refractivity contribution in [3.63, 3.8) is 0 Å². The first-order valence-corrected chi connectivity index (χ1v) is 8.76. The first-order chi connectivity index (χ1) is 12.6. The molecule has 26 heavy (non-hydrogen) atoms. The third-order valence-electron chi connectivity index (χ3n) is 4.83. The van der Waals surface area contributed by atoms with E-state index in [9.17, 15) is 9.59 Å². The Bertz CT molecular complexity index is 1010. The molecule has 0 unspecified atom stereocenters. The minimum Gasteiger partial charge on any atom is -0.408 e. The molecular weight excluding hydrogens is 332 g/mol. The van der Waals surface area contributed by atoms with Gasteiger partial charge >= 0.3 is 5.76 Å². The minimum atomic E-state index is -0.502. The molecule has 0 N–H and O–H groups in total. The van der Waals surface area contributed by atoms with Gasteiger partial charge in [-0.05, 0) is 31.9 Å². The molecule has 3 heterocycles. The molecule has 0 spiro atoms. The zero-order valence-electron chi connectivity index (χ0n) is 14.6. The second kappa shape index (κ2) is 6.74. The summed E-state index contributed by atoms with van der Waals surface area (Å²) in [5.41, 5.74) is 2.94. The van der Waals surface area contributed by atoms with Gasteiger partial charge in [-0.15, -0.1) is 0 Å². The lowest BCUT2D eigenvalue weighted by molar-refractivity contribution is -0.133. The summed E-state index contributed by atoms with van der Waals surface area (Å²) in [4.78, 5) is 35.5. The van der Waals surface area contributed by atoms with Crippen molar-refractivity contribution in [2.45, 2.75) is 32.2 Å². The number of carbonyl (C=O) groups excluding carboxylic acids is 1. The molecule has 2 aromatic heterocycles. The Hall–Kier alpha value is -2.96. The van der Waals surface area contributed by atoms with Gasteiger partial charge in [0, 0.05) is 31.4 Å². The summed E-state index contributed by atoms with van der Waals surface area (Å²) < 4.78 is 6.61. The van der Waals surface area contributed by atoms with Gasteiger partial charge in [-0.3, -0.25) is 19.3 Å². The number of benzene rings is 1. The number of amides is 1. The molecule has 1 saturated heterocycles. The monoisotopic (exact) mass is 352 g/mol. The fraction of sp³-hybridized carbons (Fsp3) is 0.368. The van der Waals surface area contributed by atoms with Crippen molar-refractivity contribution in [3.05, 3.63) is 58.6 Å². The molecule has 1 fully saturated rings. The van der Waals surface area contributed by atoms with Gasteiger partial charge in [0.2, 0.25) is 5.91 Å². The zero-order valence-corrected chi connectivity index (χ0v) is 14.6. The van der Waals surface area contributed by atoms with Crippen molar-refractivity contribution < 1.29 is 9.21 Å². The largest absolute Gasteiger partial charge is 0.420 e. The number of piperidine rings is 1. The predicted molar refractivity (Wildman–Crippen MR) is 95.8 cm³/mol. The number of carbonyl (C=O) groups is 1. The van der Waals surface area contributed by atoms with Crippen molar-refractivity contribution in [2.75, 3.05) is 13.1 Å². The van der Waals surface area contributed by atoms with Crippen molar-refractivity contribution in [2.24, 2.45) is 0 Å². The Morgan fingerprint density at radius 3 is 3.00 bits per heavy atom. The lowest BCUT2D eigenvalue weighted by atomic mass is 9.95. The first kappa shape index (κ1) is 16.5. The highest BCUT2D eigenvalue weighted by atomic mass is 16.4. The van der Waals surface area contributed by atoms with Crippen molar-refractivity contribution in [1.82, 2.24) is 19.4 Å². The summed E-state index contributed by atoms with van der Waals surface area (Å²) in [6, 6.07) is 7.14. The van der Waals surface area contributed by atoms with Crippen molar-refractivity contribution in [3.8, 4) is 0 Å². The first-order valence-electron chi connectivity index (χ1n) is 8.76. The van der Waals surface area contributed by atoms with Gasteiger partial charge in [-0.25, -0.2) is 4.79 Å². The number of fused-ring (bicyclic) bond motifs is 1. The smallest absolute Gasteiger partial charge is 0.408 e. The fourth-order valence-corrected chi connectivity index (χ4v) is 3.52. The van der Waals surface area contributed by atoms with Crippen LogP contribution < -0.4 is 5.76 Å². The van der Waals surface area contributed by atoms with E-state index in [0.29, 0.717) is 24.2 Å². The molecule has 7 heteroatoms. The molecule has 1 aliphatic heterocycles. The molecule has 1 atom stereocenters. The molecule has 1 aromatic carbocycles. The van der Waals surface area contributed by atoms with E-state index in [1.54, 1.807) is 30.6 Å². The number of para-hydroxylation sites is 2. The maximum absolute atomic E-state index is 12.8. The average Bonchev–Trinajstić information content (AvgIpc) is 2.97. The summed E-state index contributed by atoms with van der Waals surface area (Å²) >= 11 is 0. The van der Waals surface area contributed by atoms with Crippen LogP contribution in [0.3, 0.4) is 0 Å². The molecule has 1 amide bonds. The summed E-state index contributed by atoms with van der Waals surface area (Å²) in [6.07, 6.45) is 5.40. The lowest BCUT2D eigenvalue weighted by Crippen LogP contribution is -2.42. The second-order valence-electron chi connectivity index (χ2n) is 6.69. The van der Waals surface area contributed by atoms with Gasteiger partial charge < -0.3 is 9.32 Å². The van der Waals surface area contributed by atoms with Crippen LogP contribution in [0.5, 0.6) is 0 Å². The predicted octanol–water partition coefficient (Wildman–Crippen LogP) is 2.10. The third-order valence-corrected chi connectivity index (χ3v) is 4.83. The van der Waals surface area contributed by atoms with Crippen molar-refractivity contribution in [1.29, 1.82) is 0 Å². The van der Waals surface area contributed by atoms with E-state index in [0.717, 1.165) is 24.2 Å². The fourth-order valence-electron chi connectivity index (χ4n) is 3.52. The summed E-state index contributed by atoms with van der Waals surface area (Å²) in [5.74, 6) is -0.403. The standard InChI is InChI=1S/C19H20N4O3/c1-13-9-20-10-15(21-13)14-5-4-8-22(11-14)18(24)12-23-16-6-2-3-7-17(16)26-19(23)25/h2-3,6-7,9-10,14H,4-5,8,11-12H2,1H3/t14-/m0/s1. The van der Waals surface area contributed by atoms with Gasteiger partial charge in [0.1, 0.15) is 6.54 Å². The molecule has 1 aliphatic rings. The van der Waals surface area contributed by atoms with Gasteiger partial charge in [0.15, 0.2) is 5.58 Å². The molecular formula is C19H20N4O3. The maximum atomic E-state index is 12.8. The van der Waals surface area contributed by atoms with E-state index in [1.165, 1.54) is 4.57 Å².